The van der Waals surface area contributed by atoms with Crippen LogP contribution in [-0.2, 0) is 22.3 Å². The molecule has 1 atom stereocenters. The molecule has 7 heteroatoms. The van der Waals surface area contributed by atoms with E-state index in [9.17, 15) is 19.7 Å². The first-order valence-electron chi connectivity index (χ1n) is 9.43. The van der Waals surface area contributed by atoms with Gasteiger partial charge in [0.1, 0.15) is 5.54 Å². The predicted octanol–water partition coefficient (Wildman–Crippen LogP) is 4.17. The molecule has 1 unspecified atom stereocenters. The molecule has 1 fully saturated rings. The second-order valence-electron chi connectivity index (χ2n) is 8.59. The van der Waals surface area contributed by atoms with Crippen LogP contribution in [0, 0.1) is 17.0 Å². The van der Waals surface area contributed by atoms with Gasteiger partial charge in [0.25, 0.3) is 11.6 Å². The minimum atomic E-state index is -1.18. The molecule has 1 heterocycles. The van der Waals surface area contributed by atoms with E-state index in [1.165, 1.54) is 6.07 Å². The van der Waals surface area contributed by atoms with Crippen LogP contribution in [0.5, 0.6) is 0 Å². The van der Waals surface area contributed by atoms with Gasteiger partial charge >= 0.3 is 6.03 Å². The van der Waals surface area contributed by atoms with Crippen LogP contribution in [0.1, 0.15) is 49.9 Å². The molecule has 3 amide bonds. The van der Waals surface area contributed by atoms with Gasteiger partial charge in [0.2, 0.25) is 0 Å². The van der Waals surface area contributed by atoms with Crippen LogP contribution in [-0.4, -0.2) is 21.8 Å². The Bertz CT molecular complexity index is 992. The van der Waals surface area contributed by atoms with Gasteiger partial charge in [-0.25, -0.2) is 4.79 Å². The number of nitrogens with zero attached hydrogens (tertiary/aromatic N) is 2. The lowest BCUT2D eigenvalue weighted by atomic mass is 9.84. The van der Waals surface area contributed by atoms with E-state index in [1.54, 1.807) is 26.0 Å². The van der Waals surface area contributed by atoms with E-state index in [1.807, 2.05) is 24.3 Å². The Hall–Kier alpha value is -3.22. The van der Waals surface area contributed by atoms with Gasteiger partial charge in [-0.1, -0.05) is 57.2 Å². The molecule has 3 rings (SSSR count). The van der Waals surface area contributed by atoms with Crippen molar-refractivity contribution in [1.82, 2.24) is 10.2 Å². The van der Waals surface area contributed by atoms with Crippen molar-refractivity contribution in [3.63, 3.8) is 0 Å². The zero-order valence-corrected chi connectivity index (χ0v) is 17.3. The Kier molecular flexibility index (Phi) is 4.94. The molecule has 0 radical (unpaired) electrons. The molecule has 152 valence electrons. The number of carbonyl (C=O) groups is 2. The first kappa shape index (κ1) is 20.5. The average Bonchev–Trinajstić information content (AvgIpc) is 2.86. The lowest BCUT2D eigenvalue weighted by Gasteiger charge is -2.24. The minimum absolute atomic E-state index is 0.0199. The summed E-state index contributed by atoms with van der Waals surface area (Å²) in [6, 6.07) is 11.8. The Morgan fingerprint density at radius 2 is 1.72 bits per heavy atom. The maximum absolute atomic E-state index is 13.2. The van der Waals surface area contributed by atoms with E-state index in [2.05, 4.69) is 26.1 Å². The number of carbonyl (C=O) groups excluding carboxylic acids is 2. The minimum Gasteiger partial charge on any atom is -0.319 e. The molecule has 1 N–H and O–H groups in total. The summed E-state index contributed by atoms with van der Waals surface area (Å²) in [7, 11) is 0. The molecule has 2 aromatic carbocycles. The number of benzene rings is 2. The molecule has 7 nitrogen and oxygen atoms in total. The van der Waals surface area contributed by atoms with Crippen LogP contribution in [0.3, 0.4) is 0 Å². The number of nitro groups is 1. The van der Waals surface area contributed by atoms with E-state index < -0.39 is 16.5 Å². The van der Waals surface area contributed by atoms with Gasteiger partial charge in [0.15, 0.2) is 0 Å². The fourth-order valence-corrected chi connectivity index (χ4v) is 3.55. The number of hydrogen-bond acceptors (Lipinski definition) is 4. The highest BCUT2D eigenvalue weighted by Gasteiger charge is 2.49. The second-order valence-corrected chi connectivity index (χ2v) is 8.59. The zero-order chi connectivity index (χ0) is 21.6. The standard InChI is InChI=1S/C22H25N3O4/c1-14-15(7-6-8-18(14)25(28)29)13-24-19(26)22(5,23-20(24)27)17-11-9-16(10-12-17)21(2,3)4/h6-12H,13H2,1-5H3,(H,23,27). The van der Waals surface area contributed by atoms with E-state index in [0.29, 0.717) is 16.7 Å². The summed E-state index contributed by atoms with van der Waals surface area (Å²) in [5.41, 5.74) is 1.61. The van der Waals surface area contributed by atoms with Crippen LogP contribution in [0.15, 0.2) is 42.5 Å². The van der Waals surface area contributed by atoms with Gasteiger partial charge in [0.05, 0.1) is 11.5 Å². The highest BCUT2D eigenvalue weighted by Crippen LogP contribution is 2.32. The maximum Gasteiger partial charge on any atom is 0.325 e. The third kappa shape index (κ3) is 3.60. The maximum atomic E-state index is 13.2. The number of rotatable bonds is 4. The highest BCUT2D eigenvalue weighted by molar-refractivity contribution is 6.07. The molecule has 0 aliphatic carbocycles. The fourth-order valence-electron chi connectivity index (χ4n) is 3.55. The van der Waals surface area contributed by atoms with E-state index in [4.69, 9.17) is 0 Å². The van der Waals surface area contributed by atoms with Crippen molar-refractivity contribution in [2.45, 2.75) is 52.1 Å². The predicted molar refractivity (Wildman–Crippen MR) is 109 cm³/mol. The number of amides is 3. The van der Waals surface area contributed by atoms with Gasteiger partial charge in [-0.05, 0) is 36.0 Å². The van der Waals surface area contributed by atoms with E-state index in [-0.39, 0.29) is 23.6 Å². The van der Waals surface area contributed by atoms with Gasteiger partial charge < -0.3 is 5.32 Å². The Morgan fingerprint density at radius 3 is 2.28 bits per heavy atom. The number of imide groups is 1. The number of urea groups is 1. The van der Waals surface area contributed by atoms with Crippen molar-refractivity contribution >= 4 is 17.6 Å². The number of nitrogens with one attached hydrogen (secondary N) is 1. The molecular weight excluding hydrogens is 370 g/mol. The molecule has 0 bridgehead atoms. The van der Waals surface area contributed by atoms with Gasteiger partial charge in [0, 0.05) is 11.6 Å². The number of nitro benzene ring substituents is 1. The monoisotopic (exact) mass is 395 g/mol. The van der Waals surface area contributed by atoms with Crippen LogP contribution < -0.4 is 5.32 Å². The molecule has 1 aliphatic heterocycles. The van der Waals surface area contributed by atoms with Crippen molar-refractivity contribution in [1.29, 1.82) is 0 Å². The lowest BCUT2D eigenvalue weighted by Crippen LogP contribution is -2.40. The summed E-state index contributed by atoms with van der Waals surface area (Å²) in [6.45, 7) is 9.60. The zero-order valence-electron chi connectivity index (χ0n) is 17.3. The van der Waals surface area contributed by atoms with Crippen LogP contribution in [0.25, 0.3) is 0 Å². The number of hydrogen-bond donors (Lipinski definition) is 1. The molecule has 1 aliphatic rings. The lowest BCUT2D eigenvalue weighted by molar-refractivity contribution is -0.385. The first-order chi connectivity index (χ1) is 13.4. The van der Waals surface area contributed by atoms with Crippen molar-refractivity contribution in [3.8, 4) is 0 Å². The Labute approximate surface area is 169 Å². The third-order valence-corrected chi connectivity index (χ3v) is 5.55. The largest absolute Gasteiger partial charge is 0.325 e. The summed E-state index contributed by atoms with van der Waals surface area (Å²) in [5, 5.41) is 14.0. The summed E-state index contributed by atoms with van der Waals surface area (Å²) in [5.74, 6) is -0.378. The second kappa shape index (κ2) is 6.99. The molecule has 0 saturated carbocycles. The third-order valence-electron chi connectivity index (χ3n) is 5.55. The molecule has 1 saturated heterocycles. The summed E-state index contributed by atoms with van der Waals surface area (Å²) < 4.78 is 0. The topological polar surface area (TPSA) is 92.6 Å². The van der Waals surface area contributed by atoms with Crippen LogP contribution >= 0.6 is 0 Å². The summed E-state index contributed by atoms with van der Waals surface area (Å²) in [6.07, 6.45) is 0. The normalized spacial score (nSPS) is 19.4. The molecule has 2 aromatic rings. The smallest absolute Gasteiger partial charge is 0.319 e. The van der Waals surface area contributed by atoms with Gasteiger partial charge in [-0.3, -0.25) is 19.8 Å². The van der Waals surface area contributed by atoms with Crippen molar-refractivity contribution < 1.29 is 14.5 Å². The SMILES string of the molecule is Cc1c(CN2C(=O)NC(C)(c3ccc(C(C)(C)C)cc3)C2=O)cccc1[N+](=O)[O-]. The van der Waals surface area contributed by atoms with E-state index >= 15 is 0 Å². The van der Waals surface area contributed by atoms with Gasteiger partial charge in [-0.15, -0.1) is 0 Å². The van der Waals surface area contributed by atoms with E-state index in [0.717, 1.165) is 10.5 Å². The molecule has 29 heavy (non-hydrogen) atoms. The first-order valence-corrected chi connectivity index (χ1v) is 9.43. The summed E-state index contributed by atoms with van der Waals surface area (Å²) in [4.78, 5) is 37.6. The average molecular weight is 395 g/mol. The fraction of sp³-hybridized carbons (Fsp3) is 0.364. The quantitative estimate of drug-likeness (QED) is 0.478. The van der Waals surface area contributed by atoms with Crippen LogP contribution in [0.2, 0.25) is 0 Å². The molecule has 0 spiro atoms. The Morgan fingerprint density at radius 1 is 1.10 bits per heavy atom. The van der Waals surface area contributed by atoms with Gasteiger partial charge in [-0.2, -0.15) is 0 Å². The molecular formula is C22H25N3O4. The van der Waals surface area contributed by atoms with Crippen molar-refractivity contribution in [2.24, 2.45) is 0 Å². The Balaban J connectivity index is 1.90. The highest BCUT2D eigenvalue weighted by atomic mass is 16.6. The summed E-state index contributed by atoms with van der Waals surface area (Å²) >= 11 is 0. The van der Waals surface area contributed by atoms with Crippen LogP contribution in [0.4, 0.5) is 10.5 Å². The van der Waals surface area contributed by atoms with Crippen molar-refractivity contribution in [3.05, 3.63) is 74.8 Å². The molecule has 0 aromatic heterocycles. The van der Waals surface area contributed by atoms with Crippen molar-refractivity contribution in [2.75, 3.05) is 0 Å².